The Balaban J connectivity index is 1.92. The fraction of sp³-hybridized carbons (Fsp3) is 0.429. The van der Waals surface area contributed by atoms with Crippen molar-refractivity contribution in [2.45, 2.75) is 38.1 Å². The number of thiocarbonyl (C=S) groups is 1. The van der Waals surface area contributed by atoms with Crippen molar-refractivity contribution in [3.63, 3.8) is 0 Å². The lowest BCUT2D eigenvalue weighted by Gasteiger charge is -2.23. The van der Waals surface area contributed by atoms with Gasteiger partial charge in [0.25, 0.3) is 11.6 Å². The van der Waals surface area contributed by atoms with Gasteiger partial charge < -0.3 is 10.6 Å². The summed E-state index contributed by atoms with van der Waals surface area (Å²) < 4.78 is 0. The number of carbonyl (C=O) groups excluding carboxylic acids is 1. The molecule has 0 radical (unpaired) electrons. The van der Waals surface area contributed by atoms with E-state index in [2.05, 4.69) is 10.6 Å². The molecule has 0 saturated heterocycles. The summed E-state index contributed by atoms with van der Waals surface area (Å²) in [4.78, 5) is 22.3. The molecule has 0 spiro atoms. The molecule has 1 aromatic rings. The topological polar surface area (TPSA) is 84.3 Å². The number of nitro groups is 1. The van der Waals surface area contributed by atoms with E-state index in [-0.39, 0.29) is 16.7 Å². The van der Waals surface area contributed by atoms with Crippen molar-refractivity contribution < 1.29 is 9.72 Å². The molecule has 0 unspecified atom stereocenters. The van der Waals surface area contributed by atoms with E-state index in [4.69, 9.17) is 12.2 Å². The Bertz CT molecular complexity index is 556. The van der Waals surface area contributed by atoms with Crippen LogP contribution < -0.4 is 10.6 Å². The summed E-state index contributed by atoms with van der Waals surface area (Å²) in [6.07, 6.45) is 5.55. The molecule has 0 aromatic heterocycles. The summed E-state index contributed by atoms with van der Waals surface area (Å²) in [6, 6.07) is 6.04. The van der Waals surface area contributed by atoms with Crippen molar-refractivity contribution >= 4 is 34.5 Å². The van der Waals surface area contributed by atoms with Gasteiger partial charge in [0.05, 0.1) is 4.92 Å². The number of amides is 1. The normalized spacial score (nSPS) is 15.2. The van der Waals surface area contributed by atoms with Gasteiger partial charge in [-0.05, 0) is 18.9 Å². The smallest absolute Gasteiger partial charge is 0.283 e. The van der Waals surface area contributed by atoms with Crippen LogP contribution in [0.25, 0.3) is 0 Å². The maximum Gasteiger partial charge on any atom is 0.283 e. The van der Waals surface area contributed by atoms with Gasteiger partial charge in [-0.3, -0.25) is 14.9 Å². The van der Waals surface area contributed by atoms with E-state index in [1.54, 1.807) is 6.07 Å². The molecule has 1 aliphatic carbocycles. The third kappa shape index (κ3) is 4.49. The van der Waals surface area contributed by atoms with E-state index in [0.29, 0.717) is 5.69 Å². The molecule has 21 heavy (non-hydrogen) atoms. The summed E-state index contributed by atoms with van der Waals surface area (Å²) in [7, 11) is 0. The van der Waals surface area contributed by atoms with Crippen LogP contribution in [0.1, 0.15) is 32.1 Å². The number of carbonyl (C=O) groups is 1. The van der Waals surface area contributed by atoms with Crippen molar-refractivity contribution in [3.8, 4) is 0 Å². The van der Waals surface area contributed by atoms with Crippen LogP contribution in [0.2, 0.25) is 0 Å². The predicted molar refractivity (Wildman–Crippen MR) is 84.3 cm³/mol. The van der Waals surface area contributed by atoms with Crippen LogP contribution in [-0.2, 0) is 4.79 Å². The van der Waals surface area contributed by atoms with Crippen molar-refractivity contribution in [3.05, 3.63) is 34.4 Å². The lowest BCUT2D eigenvalue weighted by atomic mass is 9.95. The Hall–Kier alpha value is -2.02. The molecule has 1 amide bonds. The van der Waals surface area contributed by atoms with Gasteiger partial charge in [0.1, 0.15) is 0 Å². The number of anilines is 1. The lowest BCUT2D eigenvalue weighted by Crippen LogP contribution is -2.41. The standard InChI is InChI=1S/C14H17N3O3S/c18-13(14(21)16-10-5-2-1-3-6-10)15-11-7-4-8-12(9-11)17(19)20/h4,7-10H,1-3,5-6H2,(H,15,18)(H,16,21). The van der Waals surface area contributed by atoms with Crippen LogP contribution in [-0.4, -0.2) is 21.9 Å². The zero-order valence-corrected chi connectivity index (χ0v) is 12.3. The number of non-ortho nitro benzene ring substituents is 1. The second-order valence-electron chi connectivity index (χ2n) is 5.07. The molecule has 1 aliphatic rings. The van der Waals surface area contributed by atoms with Gasteiger partial charge in [-0.25, -0.2) is 0 Å². The van der Waals surface area contributed by atoms with Gasteiger partial charge in [0, 0.05) is 23.9 Å². The van der Waals surface area contributed by atoms with Gasteiger partial charge in [0.2, 0.25) is 0 Å². The fourth-order valence-corrected chi connectivity index (χ4v) is 2.60. The van der Waals surface area contributed by atoms with Crippen LogP contribution in [0.3, 0.4) is 0 Å². The summed E-state index contributed by atoms with van der Waals surface area (Å²) in [6.45, 7) is 0. The Labute approximate surface area is 128 Å². The average molecular weight is 307 g/mol. The number of nitrogens with zero attached hydrogens (tertiary/aromatic N) is 1. The Morgan fingerprint density at radius 2 is 2.00 bits per heavy atom. The Morgan fingerprint density at radius 3 is 2.67 bits per heavy atom. The Morgan fingerprint density at radius 1 is 1.29 bits per heavy atom. The highest BCUT2D eigenvalue weighted by Crippen LogP contribution is 2.18. The molecule has 0 bridgehead atoms. The van der Waals surface area contributed by atoms with Crippen LogP contribution in [0.5, 0.6) is 0 Å². The van der Waals surface area contributed by atoms with Gasteiger partial charge in [0.15, 0.2) is 4.99 Å². The zero-order valence-electron chi connectivity index (χ0n) is 11.5. The molecule has 7 heteroatoms. The first-order valence-electron chi connectivity index (χ1n) is 6.92. The van der Waals surface area contributed by atoms with Gasteiger partial charge >= 0.3 is 0 Å². The largest absolute Gasteiger partial charge is 0.369 e. The zero-order chi connectivity index (χ0) is 15.2. The third-order valence-corrected chi connectivity index (χ3v) is 3.76. The molecule has 2 rings (SSSR count). The van der Waals surface area contributed by atoms with Crippen LogP contribution in [0.15, 0.2) is 24.3 Å². The predicted octanol–water partition coefficient (Wildman–Crippen LogP) is 2.78. The number of benzene rings is 1. The van der Waals surface area contributed by atoms with Crippen molar-refractivity contribution in [2.24, 2.45) is 0 Å². The summed E-state index contributed by atoms with van der Waals surface area (Å²) in [5.41, 5.74) is 0.293. The highest BCUT2D eigenvalue weighted by Gasteiger charge is 2.18. The van der Waals surface area contributed by atoms with E-state index in [9.17, 15) is 14.9 Å². The highest BCUT2D eigenvalue weighted by atomic mass is 32.1. The Kier molecular flexibility index (Phi) is 5.21. The molecule has 0 heterocycles. The number of nitro benzene ring substituents is 1. The van der Waals surface area contributed by atoms with Crippen LogP contribution in [0.4, 0.5) is 11.4 Å². The number of nitrogens with one attached hydrogen (secondary N) is 2. The molecule has 1 fully saturated rings. The number of hydrogen-bond donors (Lipinski definition) is 2. The van der Waals surface area contributed by atoms with E-state index >= 15 is 0 Å². The van der Waals surface area contributed by atoms with Gasteiger partial charge in [-0.1, -0.05) is 37.5 Å². The first kappa shape index (κ1) is 15.4. The summed E-state index contributed by atoms with van der Waals surface area (Å²) in [5, 5.41) is 16.3. The first-order chi connectivity index (χ1) is 10.1. The van der Waals surface area contributed by atoms with Crippen molar-refractivity contribution in [1.29, 1.82) is 0 Å². The van der Waals surface area contributed by atoms with Gasteiger partial charge in [-0.15, -0.1) is 0 Å². The third-order valence-electron chi connectivity index (χ3n) is 3.46. The fourth-order valence-electron chi connectivity index (χ4n) is 2.38. The van der Waals surface area contributed by atoms with Crippen molar-refractivity contribution in [2.75, 3.05) is 5.32 Å². The number of hydrogen-bond acceptors (Lipinski definition) is 4. The molecule has 6 nitrogen and oxygen atoms in total. The molecule has 1 aromatic carbocycles. The molecule has 0 aliphatic heterocycles. The second kappa shape index (κ2) is 7.12. The van der Waals surface area contributed by atoms with E-state index in [1.807, 2.05) is 0 Å². The number of rotatable bonds is 3. The minimum Gasteiger partial charge on any atom is -0.369 e. The highest BCUT2D eigenvalue weighted by molar-refractivity contribution is 7.82. The minimum absolute atomic E-state index is 0.0704. The van der Waals surface area contributed by atoms with Gasteiger partial charge in [-0.2, -0.15) is 0 Å². The maximum absolute atomic E-state index is 12.0. The average Bonchev–Trinajstić information content (AvgIpc) is 2.48. The quantitative estimate of drug-likeness (QED) is 0.509. The second-order valence-corrected chi connectivity index (χ2v) is 5.48. The molecule has 1 saturated carbocycles. The van der Waals surface area contributed by atoms with E-state index in [0.717, 1.165) is 25.7 Å². The molecular weight excluding hydrogens is 290 g/mol. The molecule has 2 N–H and O–H groups in total. The minimum atomic E-state index is -0.506. The van der Waals surface area contributed by atoms with E-state index in [1.165, 1.54) is 24.6 Å². The SMILES string of the molecule is O=C(Nc1cccc([N+](=O)[O-])c1)C(=S)NC1CCCCC1. The maximum atomic E-state index is 12.0. The molecule has 0 atom stereocenters. The van der Waals surface area contributed by atoms with Crippen LogP contribution >= 0.6 is 12.2 Å². The first-order valence-corrected chi connectivity index (χ1v) is 7.33. The lowest BCUT2D eigenvalue weighted by molar-refractivity contribution is -0.384. The van der Waals surface area contributed by atoms with Crippen LogP contribution in [0, 0.1) is 10.1 Å². The summed E-state index contributed by atoms with van der Waals surface area (Å²) in [5.74, 6) is -0.434. The molecular formula is C14H17N3O3S. The van der Waals surface area contributed by atoms with E-state index < -0.39 is 10.8 Å². The monoisotopic (exact) mass is 307 g/mol. The summed E-state index contributed by atoms with van der Waals surface area (Å²) >= 11 is 5.08. The van der Waals surface area contributed by atoms with Crippen molar-refractivity contribution in [1.82, 2.24) is 5.32 Å². The molecule has 112 valence electrons.